The van der Waals surface area contributed by atoms with Crippen molar-refractivity contribution in [1.82, 2.24) is 14.5 Å². The fraction of sp³-hybridized carbons (Fsp3) is 0. The summed E-state index contributed by atoms with van der Waals surface area (Å²) < 4.78 is 2.97. The molecule has 0 atom stereocenters. The second kappa shape index (κ2) is 6.31. The summed E-state index contributed by atoms with van der Waals surface area (Å²) in [6, 6.07) is 19.9. The molecule has 0 fully saturated rings. The largest absolute Gasteiger partial charge is 0.271 e. The second-order valence-corrected chi connectivity index (χ2v) is 6.06. The minimum absolute atomic E-state index is 0.620. The van der Waals surface area contributed by atoms with Crippen LogP contribution in [0, 0.1) is 11.8 Å². The molecule has 4 aromatic rings. The van der Waals surface area contributed by atoms with E-state index in [-0.39, 0.29) is 0 Å². The van der Waals surface area contributed by atoms with E-state index in [1.807, 2.05) is 47.0 Å². The maximum Gasteiger partial charge on any atom is 0.235 e. The van der Waals surface area contributed by atoms with Crippen LogP contribution >= 0.6 is 15.9 Å². The summed E-state index contributed by atoms with van der Waals surface area (Å²) in [5.74, 6) is 7.11. The van der Waals surface area contributed by atoms with Gasteiger partial charge < -0.3 is 0 Å². The standard InChI is InChI=1S/C20H12BrN3/c21-18-8-3-1-6-15(18)10-11-17-14-16-7-2-4-9-19(16)24(17)20-22-12-5-13-23-20/h1-9,12-14H. The number of halogens is 1. The molecule has 24 heavy (non-hydrogen) atoms. The third-order valence-corrected chi connectivity index (χ3v) is 4.35. The van der Waals surface area contributed by atoms with Crippen LogP contribution in [0.1, 0.15) is 11.3 Å². The van der Waals surface area contributed by atoms with Crippen molar-refractivity contribution in [2.24, 2.45) is 0 Å². The van der Waals surface area contributed by atoms with Crippen LogP contribution < -0.4 is 0 Å². The Balaban J connectivity index is 1.92. The molecule has 0 unspecified atom stereocenters. The van der Waals surface area contributed by atoms with E-state index in [0.29, 0.717) is 5.95 Å². The van der Waals surface area contributed by atoms with Gasteiger partial charge in [0.15, 0.2) is 0 Å². The first-order valence-electron chi connectivity index (χ1n) is 7.47. The molecule has 2 aromatic carbocycles. The van der Waals surface area contributed by atoms with Gasteiger partial charge in [-0.15, -0.1) is 0 Å². The summed E-state index contributed by atoms with van der Waals surface area (Å²) in [4.78, 5) is 8.76. The van der Waals surface area contributed by atoms with Crippen LogP contribution in [0.15, 0.2) is 77.5 Å². The number of nitrogens with zero attached hydrogens (tertiary/aromatic N) is 3. The maximum absolute atomic E-state index is 4.38. The van der Waals surface area contributed by atoms with Crippen LogP contribution in [0.2, 0.25) is 0 Å². The van der Waals surface area contributed by atoms with Crippen LogP contribution in [0.25, 0.3) is 16.9 Å². The molecule has 0 aliphatic rings. The van der Waals surface area contributed by atoms with Crippen molar-refractivity contribution in [2.75, 3.05) is 0 Å². The number of hydrogen-bond acceptors (Lipinski definition) is 2. The number of rotatable bonds is 1. The molecule has 0 N–H and O–H groups in total. The molecule has 0 radical (unpaired) electrons. The lowest BCUT2D eigenvalue weighted by Gasteiger charge is -2.04. The van der Waals surface area contributed by atoms with Gasteiger partial charge in [-0.05, 0) is 52.2 Å². The number of para-hydroxylation sites is 1. The molecule has 0 aliphatic heterocycles. The van der Waals surface area contributed by atoms with Gasteiger partial charge in [-0.1, -0.05) is 36.3 Å². The molecule has 0 spiro atoms. The van der Waals surface area contributed by atoms with Gasteiger partial charge in [0.25, 0.3) is 0 Å². The number of fused-ring (bicyclic) bond motifs is 1. The zero-order valence-corrected chi connectivity index (χ0v) is 14.2. The highest BCUT2D eigenvalue weighted by molar-refractivity contribution is 9.10. The predicted octanol–water partition coefficient (Wildman–Crippen LogP) is 4.58. The monoisotopic (exact) mass is 373 g/mol. The van der Waals surface area contributed by atoms with Gasteiger partial charge in [0.2, 0.25) is 5.95 Å². The summed E-state index contributed by atoms with van der Waals surface area (Å²) >= 11 is 3.53. The summed E-state index contributed by atoms with van der Waals surface area (Å²) in [6.07, 6.45) is 3.48. The summed E-state index contributed by atoms with van der Waals surface area (Å²) in [5.41, 5.74) is 2.85. The molecule has 2 aromatic heterocycles. The minimum Gasteiger partial charge on any atom is -0.271 e. The molecule has 0 saturated heterocycles. The van der Waals surface area contributed by atoms with Crippen LogP contribution in [0.5, 0.6) is 0 Å². The van der Waals surface area contributed by atoms with Crippen molar-refractivity contribution in [3.8, 4) is 17.8 Å². The Kier molecular flexibility index (Phi) is 3.86. The van der Waals surface area contributed by atoms with Gasteiger partial charge in [-0.25, -0.2) is 9.97 Å². The SMILES string of the molecule is Brc1ccccc1C#Cc1cc2ccccc2n1-c1ncccn1. The van der Waals surface area contributed by atoms with Gasteiger partial charge in [-0.3, -0.25) is 4.57 Å². The minimum atomic E-state index is 0.620. The average Bonchev–Trinajstić information content (AvgIpc) is 3.00. The lowest BCUT2D eigenvalue weighted by molar-refractivity contribution is 0.951. The third kappa shape index (κ3) is 2.70. The van der Waals surface area contributed by atoms with Crippen molar-refractivity contribution in [3.63, 3.8) is 0 Å². The summed E-state index contributed by atoms with van der Waals surface area (Å²) in [6.45, 7) is 0. The highest BCUT2D eigenvalue weighted by Gasteiger charge is 2.10. The molecule has 4 heteroatoms. The van der Waals surface area contributed by atoms with E-state index in [1.54, 1.807) is 12.4 Å². The second-order valence-electron chi connectivity index (χ2n) is 5.20. The fourth-order valence-electron chi connectivity index (χ4n) is 2.56. The van der Waals surface area contributed by atoms with Crippen molar-refractivity contribution in [1.29, 1.82) is 0 Å². The molecular formula is C20H12BrN3. The van der Waals surface area contributed by atoms with E-state index < -0.39 is 0 Å². The van der Waals surface area contributed by atoms with E-state index in [0.717, 1.165) is 26.6 Å². The normalized spacial score (nSPS) is 10.4. The fourth-order valence-corrected chi connectivity index (χ4v) is 2.95. The Bertz CT molecular complexity index is 1070. The topological polar surface area (TPSA) is 30.7 Å². The van der Waals surface area contributed by atoms with E-state index in [9.17, 15) is 0 Å². The molecule has 2 heterocycles. The van der Waals surface area contributed by atoms with Gasteiger partial charge in [-0.2, -0.15) is 0 Å². The Hall–Kier alpha value is -2.90. The van der Waals surface area contributed by atoms with Crippen molar-refractivity contribution < 1.29 is 0 Å². The van der Waals surface area contributed by atoms with E-state index >= 15 is 0 Å². The molecular weight excluding hydrogens is 362 g/mol. The molecule has 114 valence electrons. The molecule has 0 amide bonds. The smallest absolute Gasteiger partial charge is 0.235 e. The Morgan fingerprint density at radius 1 is 0.833 bits per heavy atom. The van der Waals surface area contributed by atoms with Gasteiger partial charge >= 0.3 is 0 Å². The Morgan fingerprint density at radius 2 is 1.58 bits per heavy atom. The molecule has 0 aliphatic carbocycles. The lowest BCUT2D eigenvalue weighted by Crippen LogP contribution is -2.02. The van der Waals surface area contributed by atoms with E-state index in [2.05, 4.69) is 55.9 Å². The van der Waals surface area contributed by atoms with Gasteiger partial charge in [0.1, 0.15) is 5.69 Å². The zero-order valence-electron chi connectivity index (χ0n) is 12.6. The van der Waals surface area contributed by atoms with Gasteiger partial charge in [0.05, 0.1) is 5.52 Å². The Labute approximate surface area is 148 Å². The zero-order chi connectivity index (χ0) is 16.4. The summed E-state index contributed by atoms with van der Waals surface area (Å²) in [5, 5.41) is 1.11. The molecule has 0 bridgehead atoms. The first kappa shape index (κ1) is 14.7. The third-order valence-electron chi connectivity index (χ3n) is 3.66. The Morgan fingerprint density at radius 3 is 2.42 bits per heavy atom. The molecule has 4 rings (SSSR count). The van der Waals surface area contributed by atoms with Gasteiger partial charge in [0, 0.05) is 27.8 Å². The van der Waals surface area contributed by atoms with Crippen molar-refractivity contribution in [3.05, 3.63) is 88.8 Å². The van der Waals surface area contributed by atoms with E-state index in [1.165, 1.54) is 0 Å². The average molecular weight is 374 g/mol. The van der Waals surface area contributed by atoms with Crippen LogP contribution in [-0.2, 0) is 0 Å². The number of hydrogen-bond donors (Lipinski definition) is 0. The molecule has 3 nitrogen and oxygen atoms in total. The van der Waals surface area contributed by atoms with Crippen molar-refractivity contribution >= 4 is 26.8 Å². The van der Waals surface area contributed by atoms with Crippen molar-refractivity contribution in [2.45, 2.75) is 0 Å². The highest BCUT2D eigenvalue weighted by Crippen LogP contribution is 2.22. The van der Waals surface area contributed by atoms with Crippen LogP contribution in [0.4, 0.5) is 0 Å². The van der Waals surface area contributed by atoms with Crippen LogP contribution in [-0.4, -0.2) is 14.5 Å². The van der Waals surface area contributed by atoms with E-state index in [4.69, 9.17) is 0 Å². The lowest BCUT2D eigenvalue weighted by atomic mass is 10.2. The maximum atomic E-state index is 4.38. The quantitative estimate of drug-likeness (QED) is 0.457. The first-order chi connectivity index (χ1) is 11.8. The molecule has 0 saturated carbocycles. The predicted molar refractivity (Wildman–Crippen MR) is 99.0 cm³/mol. The number of aromatic nitrogens is 3. The highest BCUT2D eigenvalue weighted by atomic mass is 79.9. The first-order valence-corrected chi connectivity index (χ1v) is 8.27. The number of benzene rings is 2. The van der Waals surface area contributed by atoms with Crippen LogP contribution in [0.3, 0.4) is 0 Å². The summed E-state index contributed by atoms with van der Waals surface area (Å²) in [7, 11) is 0.